The van der Waals surface area contributed by atoms with Crippen molar-refractivity contribution >= 4 is 5.91 Å². The molecule has 7 nitrogen and oxygen atoms in total. The number of nitrogens with zero attached hydrogens (tertiary/aromatic N) is 3. The highest BCUT2D eigenvalue weighted by Crippen LogP contribution is 2.31. The molecule has 1 atom stereocenters. The van der Waals surface area contributed by atoms with Gasteiger partial charge in [-0.3, -0.25) is 4.79 Å². The number of methoxy groups -OCH3 is 1. The summed E-state index contributed by atoms with van der Waals surface area (Å²) in [7, 11) is 1.29. The molecule has 1 unspecified atom stereocenters. The Labute approximate surface area is 141 Å². The fraction of sp³-hybridized carbons (Fsp3) is 0.333. The standard InChI is InChI=1S/C15H15F3N4O3/c1-8(13-20-4-3-10(22-13)12(19)23)9-5-11(24-2)14(21-6-9)25-7-15(16,17)18/h3-6,8H,7H2,1-2H3,(H2,19,23). The van der Waals surface area contributed by atoms with Gasteiger partial charge in [0.1, 0.15) is 11.5 Å². The minimum atomic E-state index is -4.48. The molecule has 0 aliphatic heterocycles. The SMILES string of the molecule is COc1cc(C(C)c2nccc(C(N)=O)n2)cnc1OCC(F)(F)F. The maximum atomic E-state index is 12.3. The number of rotatable bonds is 6. The maximum absolute atomic E-state index is 12.3. The van der Waals surface area contributed by atoms with Crippen LogP contribution in [0.15, 0.2) is 24.5 Å². The van der Waals surface area contributed by atoms with Crippen LogP contribution in [-0.4, -0.2) is 40.8 Å². The predicted molar refractivity (Wildman–Crippen MR) is 80.4 cm³/mol. The molecule has 2 heterocycles. The summed E-state index contributed by atoms with van der Waals surface area (Å²) in [5.41, 5.74) is 5.81. The summed E-state index contributed by atoms with van der Waals surface area (Å²) >= 11 is 0. The number of amides is 1. The normalized spacial score (nSPS) is 12.5. The molecule has 0 saturated carbocycles. The zero-order valence-corrected chi connectivity index (χ0v) is 13.4. The van der Waals surface area contributed by atoms with Crippen LogP contribution in [0.2, 0.25) is 0 Å². The first-order chi connectivity index (χ1) is 11.7. The van der Waals surface area contributed by atoms with Gasteiger partial charge in [0.15, 0.2) is 12.4 Å². The molecule has 2 aromatic heterocycles. The average molecular weight is 356 g/mol. The zero-order chi connectivity index (χ0) is 18.6. The Morgan fingerprint density at radius 3 is 2.68 bits per heavy atom. The van der Waals surface area contributed by atoms with E-state index in [2.05, 4.69) is 19.7 Å². The topological polar surface area (TPSA) is 100 Å². The molecule has 134 valence electrons. The number of ether oxygens (including phenoxy) is 2. The van der Waals surface area contributed by atoms with Gasteiger partial charge in [-0.25, -0.2) is 15.0 Å². The third-order valence-electron chi connectivity index (χ3n) is 3.25. The number of carbonyl (C=O) groups excluding carboxylic acids is 1. The highest BCUT2D eigenvalue weighted by Gasteiger charge is 2.29. The molecule has 0 aliphatic rings. The van der Waals surface area contributed by atoms with Crippen LogP contribution in [0.25, 0.3) is 0 Å². The summed E-state index contributed by atoms with van der Waals surface area (Å²) in [6.07, 6.45) is -1.76. The van der Waals surface area contributed by atoms with E-state index in [1.54, 1.807) is 6.92 Å². The monoisotopic (exact) mass is 356 g/mol. The number of hydrogen-bond acceptors (Lipinski definition) is 6. The maximum Gasteiger partial charge on any atom is 0.422 e. The Kier molecular flexibility index (Phi) is 5.40. The van der Waals surface area contributed by atoms with E-state index in [0.29, 0.717) is 11.4 Å². The first-order valence-corrected chi connectivity index (χ1v) is 7.07. The highest BCUT2D eigenvalue weighted by molar-refractivity contribution is 5.90. The van der Waals surface area contributed by atoms with Crippen LogP contribution in [0.1, 0.15) is 34.7 Å². The lowest BCUT2D eigenvalue weighted by atomic mass is 10.0. The molecule has 0 bridgehead atoms. The number of hydrogen-bond donors (Lipinski definition) is 1. The molecular weight excluding hydrogens is 341 g/mol. The summed E-state index contributed by atoms with van der Waals surface area (Å²) in [5, 5.41) is 0. The zero-order valence-electron chi connectivity index (χ0n) is 13.4. The van der Waals surface area contributed by atoms with E-state index in [1.165, 1.54) is 31.6 Å². The third-order valence-corrected chi connectivity index (χ3v) is 3.25. The number of nitrogens with two attached hydrogens (primary N) is 1. The first kappa shape index (κ1) is 18.4. The molecule has 0 saturated heterocycles. The van der Waals surface area contributed by atoms with Crippen molar-refractivity contribution in [2.75, 3.05) is 13.7 Å². The van der Waals surface area contributed by atoms with Gasteiger partial charge in [-0.2, -0.15) is 13.2 Å². The molecular formula is C15H15F3N4O3. The summed E-state index contributed by atoms with van der Waals surface area (Å²) in [5.74, 6) is -1.02. The van der Waals surface area contributed by atoms with E-state index < -0.39 is 24.6 Å². The van der Waals surface area contributed by atoms with E-state index in [-0.39, 0.29) is 17.3 Å². The summed E-state index contributed by atoms with van der Waals surface area (Å²) < 4.78 is 46.4. The van der Waals surface area contributed by atoms with Crippen molar-refractivity contribution in [2.45, 2.75) is 19.0 Å². The van der Waals surface area contributed by atoms with Crippen molar-refractivity contribution in [2.24, 2.45) is 5.73 Å². The van der Waals surface area contributed by atoms with Crippen molar-refractivity contribution in [3.63, 3.8) is 0 Å². The molecule has 2 rings (SSSR count). The lowest BCUT2D eigenvalue weighted by Gasteiger charge is -2.15. The Balaban J connectivity index is 2.27. The molecule has 0 aliphatic carbocycles. The summed E-state index contributed by atoms with van der Waals surface area (Å²) in [6.45, 7) is 0.266. The first-order valence-electron chi connectivity index (χ1n) is 7.07. The van der Waals surface area contributed by atoms with Crippen molar-refractivity contribution in [1.82, 2.24) is 15.0 Å². The minimum Gasteiger partial charge on any atom is -0.491 e. The Morgan fingerprint density at radius 1 is 1.36 bits per heavy atom. The van der Waals surface area contributed by atoms with Crippen LogP contribution in [0.4, 0.5) is 13.2 Å². The molecule has 10 heteroatoms. The van der Waals surface area contributed by atoms with Crippen LogP contribution in [0.3, 0.4) is 0 Å². The smallest absolute Gasteiger partial charge is 0.422 e. The Morgan fingerprint density at radius 2 is 2.08 bits per heavy atom. The van der Waals surface area contributed by atoms with Gasteiger partial charge >= 0.3 is 6.18 Å². The van der Waals surface area contributed by atoms with E-state index in [0.717, 1.165) is 0 Å². The van der Waals surface area contributed by atoms with Crippen molar-refractivity contribution < 1.29 is 27.4 Å². The number of carbonyl (C=O) groups is 1. The highest BCUT2D eigenvalue weighted by atomic mass is 19.4. The molecule has 0 radical (unpaired) electrons. The van der Waals surface area contributed by atoms with Crippen LogP contribution in [-0.2, 0) is 0 Å². The van der Waals surface area contributed by atoms with E-state index >= 15 is 0 Å². The van der Waals surface area contributed by atoms with Crippen LogP contribution in [0, 0.1) is 0 Å². The quantitative estimate of drug-likeness (QED) is 0.850. The molecule has 0 spiro atoms. The van der Waals surface area contributed by atoms with Crippen molar-refractivity contribution in [1.29, 1.82) is 0 Å². The second kappa shape index (κ2) is 7.32. The Hall–Kier alpha value is -2.91. The van der Waals surface area contributed by atoms with Gasteiger partial charge in [-0.15, -0.1) is 0 Å². The summed E-state index contributed by atoms with van der Waals surface area (Å²) in [6, 6.07) is 2.86. The molecule has 1 amide bonds. The van der Waals surface area contributed by atoms with Gasteiger partial charge < -0.3 is 15.2 Å². The van der Waals surface area contributed by atoms with Gasteiger partial charge in [-0.05, 0) is 17.7 Å². The Bertz CT molecular complexity index is 768. The average Bonchev–Trinajstić information content (AvgIpc) is 2.58. The predicted octanol–water partition coefficient (Wildman–Crippen LogP) is 2.07. The lowest BCUT2D eigenvalue weighted by molar-refractivity contribution is -0.154. The van der Waals surface area contributed by atoms with Gasteiger partial charge in [0.25, 0.3) is 11.8 Å². The van der Waals surface area contributed by atoms with Gasteiger partial charge in [0.05, 0.1) is 7.11 Å². The molecule has 25 heavy (non-hydrogen) atoms. The van der Waals surface area contributed by atoms with Gasteiger partial charge in [-0.1, -0.05) is 6.92 Å². The fourth-order valence-electron chi connectivity index (χ4n) is 1.96. The second-order valence-electron chi connectivity index (χ2n) is 5.07. The third kappa shape index (κ3) is 4.78. The van der Waals surface area contributed by atoms with Crippen LogP contribution < -0.4 is 15.2 Å². The molecule has 0 aromatic carbocycles. The van der Waals surface area contributed by atoms with Crippen molar-refractivity contribution in [3.05, 3.63) is 41.6 Å². The fourth-order valence-corrected chi connectivity index (χ4v) is 1.96. The van der Waals surface area contributed by atoms with E-state index in [1.807, 2.05) is 0 Å². The van der Waals surface area contributed by atoms with E-state index in [4.69, 9.17) is 10.5 Å². The summed E-state index contributed by atoms with van der Waals surface area (Å²) in [4.78, 5) is 23.2. The van der Waals surface area contributed by atoms with Gasteiger partial charge in [0, 0.05) is 18.3 Å². The number of aromatic nitrogens is 3. The molecule has 2 aromatic rings. The number of halogens is 3. The molecule has 0 fully saturated rings. The lowest BCUT2D eigenvalue weighted by Crippen LogP contribution is -2.20. The van der Waals surface area contributed by atoms with Crippen LogP contribution >= 0.6 is 0 Å². The molecule has 2 N–H and O–H groups in total. The van der Waals surface area contributed by atoms with Crippen molar-refractivity contribution in [3.8, 4) is 11.6 Å². The number of alkyl halides is 3. The largest absolute Gasteiger partial charge is 0.491 e. The van der Waals surface area contributed by atoms with E-state index in [9.17, 15) is 18.0 Å². The minimum absolute atomic E-state index is 0.0413. The number of primary amides is 1. The second-order valence-corrected chi connectivity index (χ2v) is 5.07. The van der Waals surface area contributed by atoms with Gasteiger partial charge in [0.2, 0.25) is 0 Å². The van der Waals surface area contributed by atoms with Crippen LogP contribution in [0.5, 0.6) is 11.6 Å². The number of pyridine rings is 1.